The van der Waals surface area contributed by atoms with E-state index in [9.17, 15) is 0 Å². The predicted octanol–water partition coefficient (Wildman–Crippen LogP) is 7.56. The van der Waals surface area contributed by atoms with Crippen molar-refractivity contribution in [2.24, 2.45) is 5.10 Å². The minimum Gasteiger partial charge on any atom is -0.487 e. The molecule has 0 heterocycles. The van der Waals surface area contributed by atoms with Crippen molar-refractivity contribution in [3.63, 3.8) is 0 Å². The van der Waals surface area contributed by atoms with Crippen molar-refractivity contribution in [1.82, 2.24) is 5.43 Å². The third-order valence-electron chi connectivity index (χ3n) is 3.94. The van der Waals surface area contributed by atoms with Crippen LogP contribution in [0.3, 0.4) is 0 Å². The first-order valence-electron chi connectivity index (χ1n) is 8.49. The van der Waals surface area contributed by atoms with Gasteiger partial charge in [0.15, 0.2) is 0 Å². The summed E-state index contributed by atoms with van der Waals surface area (Å²) in [5, 5.41) is 6.23. The number of halogens is 5. The summed E-state index contributed by atoms with van der Waals surface area (Å²) in [6, 6.07) is 17.1. The fraction of sp³-hybridized carbons (Fsp3) is 0.0952. The van der Waals surface area contributed by atoms with E-state index in [1.54, 1.807) is 6.21 Å². The molecule has 0 spiro atoms. The molecule has 0 saturated carbocycles. The van der Waals surface area contributed by atoms with Crippen LogP contribution in [0.1, 0.15) is 16.7 Å². The Labute approximate surface area is 212 Å². The molecule has 3 aromatic carbocycles. The fourth-order valence-corrected chi connectivity index (χ4v) is 5.26. The zero-order chi connectivity index (χ0) is 20.8. The number of nitrogens with zero attached hydrogens (tertiary/aromatic N) is 1. The Balaban J connectivity index is 1.62. The van der Waals surface area contributed by atoms with Gasteiger partial charge in [-0.15, -0.1) is 0 Å². The molecular weight excluding hydrogens is 656 g/mol. The van der Waals surface area contributed by atoms with Crippen molar-refractivity contribution in [3.05, 3.63) is 93.5 Å². The molecule has 0 unspecified atom stereocenters. The summed E-state index contributed by atoms with van der Waals surface area (Å²) in [4.78, 5) is 0. The lowest BCUT2D eigenvalue weighted by Crippen LogP contribution is -2.07. The molecule has 0 aliphatic carbocycles. The Morgan fingerprint density at radius 3 is 2.17 bits per heavy atom. The lowest BCUT2D eigenvalue weighted by atomic mass is 10.2. The Morgan fingerprint density at radius 2 is 1.55 bits per heavy atom. The fourth-order valence-electron chi connectivity index (χ4n) is 2.47. The van der Waals surface area contributed by atoms with Gasteiger partial charge in [-0.1, -0.05) is 53.0 Å². The predicted molar refractivity (Wildman–Crippen MR) is 139 cm³/mol. The van der Waals surface area contributed by atoms with E-state index in [4.69, 9.17) is 39.5 Å². The van der Waals surface area contributed by atoms with Gasteiger partial charge < -0.3 is 10.2 Å². The van der Waals surface area contributed by atoms with E-state index in [0.717, 1.165) is 29.6 Å². The SMILES string of the molecule is Clc1ccc(COc2c(I)cc(/C=N\NCc3c(Cl)cccc3Cl)cc2I)cc1. The summed E-state index contributed by atoms with van der Waals surface area (Å²) >= 11 is 22.8. The van der Waals surface area contributed by atoms with E-state index in [1.807, 2.05) is 54.6 Å². The van der Waals surface area contributed by atoms with Crippen LogP contribution < -0.4 is 10.2 Å². The summed E-state index contributed by atoms with van der Waals surface area (Å²) in [7, 11) is 0. The maximum Gasteiger partial charge on any atom is 0.146 e. The minimum absolute atomic E-state index is 0.450. The first-order chi connectivity index (χ1) is 13.9. The highest BCUT2D eigenvalue weighted by Crippen LogP contribution is 2.29. The molecule has 1 N–H and O–H groups in total. The third-order valence-corrected chi connectivity index (χ3v) is 6.50. The molecule has 0 aliphatic heterocycles. The summed E-state index contributed by atoms with van der Waals surface area (Å²) in [5.41, 5.74) is 5.84. The van der Waals surface area contributed by atoms with Crippen LogP contribution in [0.4, 0.5) is 0 Å². The second kappa shape index (κ2) is 11.0. The molecule has 0 amide bonds. The quantitative estimate of drug-likeness (QED) is 0.160. The first kappa shape index (κ1) is 22.9. The van der Waals surface area contributed by atoms with Crippen LogP contribution in [-0.2, 0) is 13.2 Å². The molecule has 0 aliphatic rings. The second-order valence-electron chi connectivity index (χ2n) is 6.02. The molecule has 0 bridgehead atoms. The van der Waals surface area contributed by atoms with Gasteiger partial charge in [0.2, 0.25) is 0 Å². The van der Waals surface area contributed by atoms with Crippen molar-refractivity contribution in [3.8, 4) is 5.75 Å². The number of ether oxygens (including phenoxy) is 1. The number of benzene rings is 3. The molecule has 0 atom stereocenters. The largest absolute Gasteiger partial charge is 0.487 e. The maximum absolute atomic E-state index is 6.17. The van der Waals surface area contributed by atoms with Gasteiger partial charge in [0.1, 0.15) is 12.4 Å². The van der Waals surface area contributed by atoms with Gasteiger partial charge in [-0.3, -0.25) is 0 Å². The van der Waals surface area contributed by atoms with Crippen LogP contribution >= 0.6 is 80.0 Å². The number of hydrazone groups is 1. The lowest BCUT2D eigenvalue weighted by molar-refractivity contribution is 0.302. The maximum atomic E-state index is 6.17. The highest BCUT2D eigenvalue weighted by atomic mass is 127. The van der Waals surface area contributed by atoms with Gasteiger partial charge in [0.05, 0.1) is 19.9 Å². The molecule has 3 rings (SSSR count). The van der Waals surface area contributed by atoms with E-state index in [0.29, 0.717) is 28.2 Å². The highest BCUT2D eigenvalue weighted by molar-refractivity contribution is 14.1. The molecule has 0 radical (unpaired) electrons. The van der Waals surface area contributed by atoms with Gasteiger partial charge in [-0.25, -0.2) is 0 Å². The lowest BCUT2D eigenvalue weighted by Gasteiger charge is -2.11. The normalized spacial score (nSPS) is 11.1. The van der Waals surface area contributed by atoms with Crippen molar-refractivity contribution in [1.29, 1.82) is 0 Å². The molecule has 0 aromatic heterocycles. The van der Waals surface area contributed by atoms with Crippen molar-refractivity contribution in [2.75, 3.05) is 0 Å². The number of hydrogen-bond donors (Lipinski definition) is 1. The van der Waals surface area contributed by atoms with Crippen LogP contribution in [0.25, 0.3) is 0 Å². The van der Waals surface area contributed by atoms with Gasteiger partial charge in [0.25, 0.3) is 0 Å². The van der Waals surface area contributed by atoms with Crippen molar-refractivity contribution < 1.29 is 4.74 Å². The molecular formula is C21H15Cl3I2N2O. The third kappa shape index (κ3) is 6.62. The minimum atomic E-state index is 0.450. The van der Waals surface area contributed by atoms with Gasteiger partial charge >= 0.3 is 0 Å². The van der Waals surface area contributed by atoms with Gasteiger partial charge in [-0.05, 0) is 92.7 Å². The van der Waals surface area contributed by atoms with Crippen LogP contribution in [-0.4, -0.2) is 6.21 Å². The molecule has 8 heteroatoms. The summed E-state index contributed by atoms with van der Waals surface area (Å²) in [6.45, 7) is 0.933. The molecule has 0 saturated heterocycles. The Hall–Kier alpha value is -0.740. The number of nitrogens with one attached hydrogen (secondary N) is 1. The summed E-state index contributed by atoms with van der Waals surface area (Å²) < 4.78 is 8.04. The van der Waals surface area contributed by atoms with Crippen LogP contribution in [0, 0.1) is 7.14 Å². The zero-order valence-corrected chi connectivity index (χ0v) is 21.5. The highest BCUT2D eigenvalue weighted by Gasteiger charge is 2.09. The van der Waals surface area contributed by atoms with Gasteiger partial charge in [0, 0.05) is 20.6 Å². The summed E-state index contributed by atoms with van der Waals surface area (Å²) in [5.74, 6) is 0.856. The van der Waals surface area contributed by atoms with E-state index >= 15 is 0 Å². The second-order valence-corrected chi connectivity index (χ2v) is 9.60. The van der Waals surface area contributed by atoms with Crippen LogP contribution in [0.2, 0.25) is 15.1 Å². The molecule has 0 fully saturated rings. The Kier molecular flexibility index (Phi) is 8.73. The molecule has 3 nitrogen and oxygen atoms in total. The average Bonchev–Trinajstić information content (AvgIpc) is 2.68. The molecule has 29 heavy (non-hydrogen) atoms. The number of rotatable bonds is 7. The van der Waals surface area contributed by atoms with E-state index in [1.165, 1.54) is 0 Å². The number of hydrogen-bond acceptors (Lipinski definition) is 3. The van der Waals surface area contributed by atoms with Gasteiger partial charge in [-0.2, -0.15) is 5.10 Å². The van der Waals surface area contributed by atoms with E-state index in [2.05, 4.69) is 55.7 Å². The monoisotopic (exact) mass is 670 g/mol. The smallest absolute Gasteiger partial charge is 0.146 e. The Bertz CT molecular complexity index is 984. The topological polar surface area (TPSA) is 33.6 Å². The standard InChI is InChI=1S/C21H15Cl3I2N2O/c22-15-6-4-13(5-7-15)12-29-21-19(25)8-14(9-20(21)26)10-27-28-11-16-17(23)2-1-3-18(16)24/h1-10,28H,11-12H2/b27-10-. The average molecular weight is 672 g/mol. The molecule has 3 aromatic rings. The van der Waals surface area contributed by atoms with E-state index in [-0.39, 0.29) is 0 Å². The van der Waals surface area contributed by atoms with Crippen LogP contribution in [0.15, 0.2) is 59.7 Å². The summed E-state index contributed by atoms with van der Waals surface area (Å²) in [6.07, 6.45) is 1.76. The van der Waals surface area contributed by atoms with Crippen molar-refractivity contribution >= 4 is 86.2 Å². The zero-order valence-electron chi connectivity index (χ0n) is 14.9. The molecule has 150 valence electrons. The Morgan fingerprint density at radius 1 is 0.931 bits per heavy atom. The van der Waals surface area contributed by atoms with E-state index < -0.39 is 0 Å². The van der Waals surface area contributed by atoms with Crippen LogP contribution in [0.5, 0.6) is 5.75 Å². The van der Waals surface area contributed by atoms with Crippen molar-refractivity contribution in [2.45, 2.75) is 13.2 Å². The first-order valence-corrected chi connectivity index (χ1v) is 11.8.